The number of rotatable bonds is 5. The molecular weight excluding hydrogens is 408 g/mol. The number of fused-ring (bicyclic) bond motifs is 1. The van der Waals surface area contributed by atoms with E-state index in [-0.39, 0.29) is 5.41 Å². The molecule has 1 aliphatic heterocycles. The third-order valence-corrected chi connectivity index (χ3v) is 7.70. The zero-order chi connectivity index (χ0) is 14.7. The van der Waals surface area contributed by atoms with Crippen molar-refractivity contribution in [1.29, 1.82) is 0 Å². The standard InChI is InChI=1S/C18H18Br2S/c19-12-18(13-20,15-7-2-1-3-8-15)11-16-10-14-6-4-5-9-17(14)21-16/h1-9,16H,10-13H2. The average molecular weight is 426 g/mol. The summed E-state index contributed by atoms with van der Waals surface area (Å²) < 4.78 is 0. The van der Waals surface area contributed by atoms with Gasteiger partial charge >= 0.3 is 0 Å². The predicted octanol–water partition coefficient (Wildman–Crippen LogP) is 5.82. The predicted molar refractivity (Wildman–Crippen MR) is 100 cm³/mol. The summed E-state index contributed by atoms with van der Waals surface area (Å²) in [6.45, 7) is 0. The molecule has 0 saturated heterocycles. The topological polar surface area (TPSA) is 0 Å². The fourth-order valence-electron chi connectivity index (χ4n) is 3.01. The molecule has 0 bridgehead atoms. The summed E-state index contributed by atoms with van der Waals surface area (Å²) in [4.78, 5) is 1.47. The van der Waals surface area contributed by atoms with E-state index in [1.807, 2.05) is 11.8 Å². The first kappa shape index (κ1) is 15.6. The van der Waals surface area contributed by atoms with Gasteiger partial charge in [-0.25, -0.2) is 0 Å². The van der Waals surface area contributed by atoms with Crippen molar-refractivity contribution in [3.8, 4) is 0 Å². The van der Waals surface area contributed by atoms with Crippen LogP contribution in [0.25, 0.3) is 0 Å². The highest BCUT2D eigenvalue weighted by Gasteiger charge is 2.35. The Morgan fingerprint density at radius 3 is 2.29 bits per heavy atom. The van der Waals surface area contributed by atoms with Gasteiger partial charge in [-0.3, -0.25) is 0 Å². The van der Waals surface area contributed by atoms with Crippen LogP contribution in [0.2, 0.25) is 0 Å². The van der Waals surface area contributed by atoms with Crippen molar-refractivity contribution in [3.05, 3.63) is 65.7 Å². The van der Waals surface area contributed by atoms with Crippen molar-refractivity contribution >= 4 is 43.6 Å². The first-order valence-electron chi connectivity index (χ1n) is 7.19. The lowest BCUT2D eigenvalue weighted by Gasteiger charge is -2.33. The second-order valence-corrected chi connectivity index (χ2v) is 8.13. The number of hydrogen-bond donors (Lipinski definition) is 0. The first-order valence-corrected chi connectivity index (χ1v) is 10.3. The Morgan fingerprint density at radius 2 is 1.62 bits per heavy atom. The third kappa shape index (κ3) is 3.25. The molecule has 1 aliphatic rings. The van der Waals surface area contributed by atoms with Crippen molar-refractivity contribution in [1.82, 2.24) is 0 Å². The largest absolute Gasteiger partial charge is 0.122 e. The van der Waals surface area contributed by atoms with Crippen LogP contribution in [0.4, 0.5) is 0 Å². The molecule has 0 amide bonds. The van der Waals surface area contributed by atoms with Crippen LogP contribution >= 0.6 is 43.6 Å². The Balaban J connectivity index is 1.82. The van der Waals surface area contributed by atoms with Gasteiger partial charge in [0.2, 0.25) is 0 Å². The lowest BCUT2D eigenvalue weighted by Crippen LogP contribution is -2.33. The van der Waals surface area contributed by atoms with Gasteiger partial charge in [-0.1, -0.05) is 80.4 Å². The molecule has 2 aromatic carbocycles. The number of halogens is 2. The number of thioether (sulfide) groups is 1. The Morgan fingerprint density at radius 1 is 0.952 bits per heavy atom. The quantitative estimate of drug-likeness (QED) is 0.543. The van der Waals surface area contributed by atoms with E-state index < -0.39 is 0 Å². The van der Waals surface area contributed by atoms with Gasteiger partial charge < -0.3 is 0 Å². The first-order chi connectivity index (χ1) is 10.3. The maximum absolute atomic E-state index is 3.77. The van der Waals surface area contributed by atoms with E-state index >= 15 is 0 Å². The maximum Gasteiger partial charge on any atom is 0.0157 e. The van der Waals surface area contributed by atoms with Crippen LogP contribution in [-0.2, 0) is 11.8 Å². The molecule has 0 N–H and O–H groups in total. The van der Waals surface area contributed by atoms with Crippen LogP contribution in [0.1, 0.15) is 17.5 Å². The Labute approximate surface area is 148 Å². The highest BCUT2D eigenvalue weighted by atomic mass is 79.9. The summed E-state index contributed by atoms with van der Waals surface area (Å²) in [6.07, 6.45) is 2.38. The molecule has 110 valence electrons. The minimum atomic E-state index is 0.168. The van der Waals surface area contributed by atoms with Gasteiger partial charge in [0.15, 0.2) is 0 Å². The summed E-state index contributed by atoms with van der Waals surface area (Å²) in [5.41, 5.74) is 3.11. The monoisotopic (exact) mass is 424 g/mol. The minimum absolute atomic E-state index is 0.168. The van der Waals surface area contributed by atoms with E-state index in [4.69, 9.17) is 0 Å². The molecule has 3 rings (SSSR count). The van der Waals surface area contributed by atoms with E-state index in [9.17, 15) is 0 Å². The molecule has 0 fully saturated rings. The molecular formula is C18H18Br2S. The summed E-state index contributed by atoms with van der Waals surface area (Å²) in [5, 5.41) is 2.64. The molecule has 1 heterocycles. The van der Waals surface area contributed by atoms with Crippen molar-refractivity contribution in [2.45, 2.75) is 28.4 Å². The zero-order valence-corrected chi connectivity index (χ0v) is 15.8. The fourth-order valence-corrected chi connectivity index (χ4v) is 6.53. The van der Waals surface area contributed by atoms with E-state index in [1.54, 1.807) is 0 Å². The molecule has 0 radical (unpaired) electrons. The van der Waals surface area contributed by atoms with Gasteiger partial charge in [0.1, 0.15) is 0 Å². The maximum atomic E-state index is 3.77. The van der Waals surface area contributed by atoms with Crippen LogP contribution in [-0.4, -0.2) is 15.9 Å². The smallest absolute Gasteiger partial charge is 0.0157 e. The third-order valence-electron chi connectivity index (χ3n) is 4.23. The Hall–Kier alpha value is -0.250. The minimum Gasteiger partial charge on any atom is -0.122 e. The van der Waals surface area contributed by atoms with Gasteiger partial charge in [-0.15, -0.1) is 11.8 Å². The van der Waals surface area contributed by atoms with E-state index in [1.165, 1.54) is 28.9 Å². The summed E-state index contributed by atoms with van der Waals surface area (Å²) in [5.74, 6) is 0. The number of hydrogen-bond acceptors (Lipinski definition) is 1. The van der Waals surface area contributed by atoms with Crippen molar-refractivity contribution in [2.75, 3.05) is 10.7 Å². The van der Waals surface area contributed by atoms with Crippen LogP contribution in [0, 0.1) is 0 Å². The number of benzene rings is 2. The van der Waals surface area contributed by atoms with Crippen LogP contribution in [0.5, 0.6) is 0 Å². The molecule has 1 unspecified atom stereocenters. The highest BCUT2D eigenvalue weighted by Crippen LogP contribution is 2.44. The molecule has 0 spiro atoms. The number of alkyl halides is 2. The van der Waals surface area contributed by atoms with Crippen molar-refractivity contribution < 1.29 is 0 Å². The molecule has 0 nitrogen and oxygen atoms in total. The summed E-state index contributed by atoms with van der Waals surface area (Å²) >= 11 is 9.59. The Bertz CT molecular complexity index is 568. The zero-order valence-electron chi connectivity index (χ0n) is 11.8. The van der Waals surface area contributed by atoms with E-state index in [0.29, 0.717) is 5.25 Å². The molecule has 3 heteroatoms. The molecule has 1 atom stereocenters. The molecule has 2 aromatic rings. The summed E-state index contributed by atoms with van der Waals surface area (Å²) in [6, 6.07) is 19.7. The molecule has 0 aliphatic carbocycles. The van der Waals surface area contributed by atoms with Crippen LogP contribution in [0.15, 0.2) is 59.5 Å². The summed E-state index contributed by atoms with van der Waals surface area (Å²) in [7, 11) is 0. The highest BCUT2D eigenvalue weighted by molar-refractivity contribution is 9.09. The Kier molecular flexibility index (Phi) is 5.13. The normalized spacial score (nSPS) is 17.7. The fraction of sp³-hybridized carbons (Fsp3) is 0.333. The van der Waals surface area contributed by atoms with E-state index in [2.05, 4.69) is 86.5 Å². The van der Waals surface area contributed by atoms with Gasteiger partial charge in [0.05, 0.1) is 0 Å². The van der Waals surface area contributed by atoms with Crippen molar-refractivity contribution in [3.63, 3.8) is 0 Å². The van der Waals surface area contributed by atoms with Gasteiger partial charge in [-0.05, 0) is 30.0 Å². The second-order valence-electron chi connectivity index (χ2n) is 5.67. The van der Waals surface area contributed by atoms with Crippen LogP contribution in [0.3, 0.4) is 0 Å². The molecule has 21 heavy (non-hydrogen) atoms. The van der Waals surface area contributed by atoms with Gasteiger partial charge in [0, 0.05) is 26.2 Å². The lowest BCUT2D eigenvalue weighted by molar-refractivity contribution is 0.494. The van der Waals surface area contributed by atoms with Crippen LogP contribution < -0.4 is 0 Å². The van der Waals surface area contributed by atoms with Gasteiger partial charge in [0.25, 0.3) is 0 Å². The lowest BCUT2D eigenvalue weighted by atomic mass is 9.79. The second kappa shape index (κ2) is 6.89. The molecule has 0 saturated carbocycles. The van der Waals surface area contributed by atoms with Gasteiger partial charge in [-0.2, -0.15) is 0 Å². The molecule has 0 aromatic heterocycles. The van der Waals surface area contributed by atoms with E-state index in [0.717, 1.165) is 10.7 Å². The SMILES string of the molecule is BrCC(CBr)(CC1Cc2ccccc2S1)c1ccccc1. The average Bonchev–Trinajstić information content (AvgIpc) is 2.96. The van der Waals surface area contributed by atoms with Crippen molar-refractivity contribution in [2.24, 2.45) is 0 Å².